The molecule has 4 rings (SSSR count). The van der Waals surface area contributed by atoms with Crippen molar-refractivity contribution in [2.24, 2.45) is 11.8 Å². The number of fused-ring (bicyclic) bond motifs is 1. The molecule has 4 aliphatic rings. The Bertz CT molecular complexity index is 236. The molecule has 1 saturated carbocycles. The van der Waals surface area contributed by atoms with E-state index in [0.717, 1.165) is 26.0 Å². The maximum Gasteiger partial charge on any atom is 0.311 e. The first-order valence-corrected chi connectivity index (χ1v) is 5.36. The van der Waals surface area contributed by atoms with Crippen molar-refractivity contribution in [2.75, 3.05) is 19.8 Å². The van der Waals surface area contributed by atoms with Crippen LogP contribution in [0.15, 0.2) is 0 Å². The molecule has 0 aromatic rings. The summed E-state index contributed by atoms with van der Waals surface area (Å²) in [6.07, 6.45) is 2.03. The molecule has 3 heterocycles. The van der Waals surface area contributed by atoms with E-state index in [9.17, 15) is 4.79 Å². The fourth-order valence-corrected chi connectivity index (χ4v) is 2.68. The molecule has 4 unspecified atom stereocenters. The maximum absolute atomic E-state index is 11.7. The zero-order chi connectivity index (χ0) is 9.54. The highest BCUT2D eigenvalue weighted by molar-refractivity contribution is 5.75. The van der Waals surface area contributed by atoms with E-state index in [1.807, 2.05) is 0 Å². The smallest absolute Gasteiger partial charge is 0.311 e. The van der Waals surface area contributed by atoms with Crippen LogP contribution >= 0.6 is 0 Å². The van der Waals surface area contributed by atoms with Crippen molar-refractivity contribution < 1.29 is 14.3 Å². The molecule has 3 aliphatic heterocycles. The lowest BCUT2D eigenvalue weighted by molar-refractivity contribution is -0.159. The van der Waals surface area contributed by atoms with Crippen molar-refractivity contribution in [3.63, 3.8) is 0 Å². The Hall–Kier alpha value is -0.610. The normalized spacial score (nSPS) is 44.9. The predicted octanol–water partition coefficient (Wildman–Crippen LogP) is -0.0736. The Morgan fingerprint density at radius 1 is 1.50 bits per heavy atom. The van der Waals surface area contributed by atoms with Crippen LogP contribution in [0.5, 0.6) is 0 Å². The van der Waals surface area contributed by atoms with Crippen molar-refractivity contribution in [1.82, 2.24) is 5.32 Å². The van der Waals surface area contributed by atoms with Gasteiger partial charge in [0.25, 0.3) is 0 Å². The maximum atomic E-state index is 11.7. The third-order valence-corrected chi connectivity index (χ3v) is 3.58. The largest absolute Gasteiger partial charge is 0.460 e. The van der Waals surface area contributed by atoms with Crippen molar-refractivity contribution in [3.8, 4) is 0 Å². The Labute approximate surface area is 82.9 Å². The first-order chi connectivity index (χ1) is 6.84. The first-order valence-electron chi connectivity index (χ1n) is 5.36. The summed E-state index contributed by atoms with van der Waals surface area (Å²) in [4.78, 5) is 11.7. The van der Waals surface area contributed by atoms with Gasteiger partial charge >= 0.3 is 5.97 Å². The van der Waals surface area contributed by atoms with Crippen molar-refractivity contribution >= 4 is 5.97 Å². The van der Waals surface area contributed by atoms with Gasteiger partial charge in [0, 0.05) is 12.5 Å². The van der Waals surface area contributed by atoms with Crippen molar-refractivity contribution in [2.45, 2.75) is 25.0 Å². The molecule has 4 fully saturated rings. The SMILES string of the molecule is O=C(OC1CCOC1)C1C2CNC1C2. The quantitative estimate of drug-likeness (QED) is 0.629. The molecule has 0 aromatic carbocycles. The van der Waals surface area contributed by atoms with Crippen LogP contribution in [-0.2, 0) is 14.3 Å². The number of esters is 1. The van der Waals surface area contributed by atoms with Gasteiger partial charge in [0.05, 0.1) is 19.1 Å². The number of hydrogen-bond donors (Lipinski definition) is 1. The molecule has 1 aliphatic carbocycles. The highest BCUT2D eigenvalue weighted by Gasteiger charge is 2.51. The van der Waals surface area contributed by atoms with Crippen LogP contribution in [-0.4, -0.2) is 37.9 Å². The van der Waals surface area contributed by atoms with Gasteiger partial charge in [-0.3, -0.25) is 4.79 Å². The molecule has 4 atom stereocenters. The highest BCUT2D eigenvalue weighted by atomic mass is 16.6. The average Bonchev–Trinajstić information content (AvgIpc) is 2.77. The molecule has 14 heavy (non-hydrogen) atoms. The summed E-state index contributed by atoms with van der Waals surface area (Å²) < 4.78 is 10.6. The van der Waals surface area contributed by atoms with Crippen LogP contribution in [0, 0.1) is 11.8 Å². The molecule has 2 bridgehead atoms. The Morgan fingerprint density at radius 3 is 3.00 bits per heavy atom. The van der Waals surface area contributed by atoms with Gasteiger partial charge in [-0.2, -0.15) is 0 Å². The summed E-state index contributed by atoms with van der Waals surface area (Å²) in [5, 5.41) is 3.32. The predicted molar refractivity (Wildman–Crippen MR) is 48.7 cm³/mol. The average molecular weight is 197 g/mol. The minimum atomic E-state index is -0.00764. The summed E-state index contributed by atoms with van der Waals surface area (Å²) >= 11 is 0. The van der Waals surface area contributed by atoms with Gasteiger partial charge in [0.2, 0.25) is 0 Å². The van der Waals surface area contributed by atoms with Crippen LogP contribution in [0.25, 0.3) is 0 Å². The third kappa shape index (κ3) is 1.25. The number of nitrogens with one attached hydrogen (secondary N) is 1. The van der Waals surface area contributed by atoms with E-state index in [0.29, 0.717) is 18.6 Å². The third-order valence-electron chi connectivity index (χ3n) is 3.58. The van der Waals surface area contributed by atoms with Gasteiger partial charge in [-0.05, 0) is 18.9 Å². The molecule has 0 radical (unpaired) electrons. The molecule has 0 spiro atoms. The van der Waals surface area contributed by atoms with Crippen LogP contribution in [0.1, 0.15) is 12.8 Å². The van der Waals surface area contributed by atoms with E-state index < -0.39 is 0 Å². The molecule has 0 aromatic heterocycles. The Morgan fingerprint density at radius 2 is 2.43 bits per heavy atom. The minimum absolute atomic E-state index is 0.00764. The molecule has 0 amide bonds. The molecule has 4 heteroatoms. The van der Waals surface area contributed by atoms with E-state index in [1.165, 1.54) is 0 Å². The lowest BCUT2D eigenvalue weighted by Gasteiger charge is -2.32. The number of rotatable bonds is 2. The van der Waals surface area contributed by atoms with E-state index >= 15 is 0 Å². The van der Waals surface area contributed by atoms with E-state index in [-0.39, 0.29) is 18.0 Å². The molecule has 3 saturated heterocycles. The fraction of sp³-hybridized carbons (Fsp3) is 0.900. The first kappa shape index (κ1) is 8.68. The second-order valence-corrected chi connectivity index (χ2v) is 4.46. The Kier molecular flexibility index (Phi) is 1.99. The molecular formula is C10H15NO3. The summed E-state index contributed by atoms with van der Waals surface area (Å²) in [7, 11) is 0. The van der Waals surface area contributed by atoms with Crippen LogP contribution in [0.2, 0.25) is 0 Å². The van der Waals surface area contributed by atoms with Gasteiger partial charge in [-0.25, -0.2) is 0 Å². The topological polar surface area (TPSA) is 47.6 Å². The van der Waals surface area contributed by atoms with Crippen molar-refractivity contribution in [1.29, 1.82) is 0 Å². The number of carbonyl (C=O) groups excluding carboxylic acids is 1. The van der Waals surface area contributed by atoms with Gasteiger partial charge in [0.1, 0.15) is 6.10 Å². The second kappa shape index (κ2) is 3.21. The monoisotopic (exact) mass is 197 g/mol. The van der Waals surface area contributed by atoms with Crippen LogP contribution in [0.3, 0.4) is 0 Å². The number of ether oxygens (including phenoxy) is 2. The van der Waals surface area contributed by atoms with Crippen LogP contribution in [0.4, 0.5) is 0 Å². The standard InChI is InChI=1S/C10H15NO3/c12-10(14-7-1-2-13-5-7)9-6-3-8(9)11-4-6/h6-9,11H,1-5H2. The zero-order valence-corrected chi connectivity index (χ0v) is 8.07. The van der Waals surface area contributed by atoms with E-state index in [1.54, 1.807) is 0 Å². The fourth-order valence-electron chi connectivity index (χ4n) is 2.68. The molecule has 78 valence electrons. The minimum Gasteiger partial charge on any atom is -0.460 e. The summed E-state index contributed by atoms with van der Waals surface area (Å²) in [6, 6.07) is 0.398. The van der Waals surface area contributed by atoms with Gasteiger partial charge in [-0.1, -0.05) is 0 Å². The molecule has 4 nitrogen and oxygen atoms in total. The van der Waals surface area contributed by atoms with E-state index in [4.69, 9.17) is 9.47 Å². The van der Waals surface area contributed by atoms with Crippen LogP contribution < -0.4 is 5.32 Å². The highest BCUT2D eigenvalue weighted by Crippen LogP contribution is 2.41. The van der Waals surface area contributed by atoms with Gasteiger partial charge < -0.3 is 14.8 Å². The number of carbonyl (C=O) groups is 1. The zero-order valence-electron chi connectivity index (χ0n) is 8.07. The Balaban J connectivity index is 1.55. The number of hydrogen-bond acceptors (Lipinski definition) is 4. The van der Waals surface area contributed by atoms with Gasteiger partial charge in [0.15, 0.2) is 0 Å². The summed E-state index contributed by atoms with van der Waals surface area (Å²) in [6.45, 7) is 2.31. The lowest BCUT2D eigenvalue weighted by atomic mass is 9.74. The molecule has 1 N–H and O–H groups in total. The van der Waals surface area contributed by atoms with E-state index in [2.05, 4.69) is 5.32 Å². The lowest BCUT2D eigenvalue weighted by Crippen LogP contribution is -2.44. The summed E-state index contributed by atoms with van der Waals surface area (Å²) in [5.74, 6) is 0.664. The summed E-state index contributed by atoms with van der Waals surface area (Å²) in [5.41, 5.74) is 0. The van der Waals surface area contributed by atoms with Crippen molar-refractivity contribution in [3.05, 3.63) is 0 Å². The van der Waals surface area contributed by atoms with Gasteiger partial charge in [-0.15, -0.1) is 0 Å². The molecular weight excluding hydrogens is 182 g/mol. The second-order valence-electron chi connectivity index (χ2n) is 4.46.